The molecule has 0 fully saturated rings. The monoisotopic (exact) mass is 135 g/mol. The highest BCUT2D eigenvalue weighted by molar-refractivity contribution is 5.18. The van der Waals surface area contributed by atoms with Crippen molar-refractivity contribution in [1.82, 2.24) is 9.97 Å². The van der Waals surface area contributed by atoms with Crippen LogP contribution in [0.4, 0.5) is 0 Å². The van der Waals surface area contributed by atoms with Crippen molar-refractivity contribution in [1.29, 1.82) is 5.26 Å². The van der Waals surface area contributed by atoms with Crippen LogP contribution in [-0.4, -0.2) is 9.97 Å². The van der Waals surface area contributed by atoms with Gasteiger partial charge in [0.25, 0.3) is 0 Å². The minimum Gasteiger partial charge on any atom is -0.334 e. The van der Waals surface area contributed by atoms with E-state index in [1.54, 1.807) is 6.20 Å². The lowest BCUT2D eigenvalue weighted by Crippen LogP contribution is -1.88. The van der Waals surface area contributed by atoms with Crippen molar-refractivity contribution < 1.29 is 0 Å². The first-order valence-corrected chi connectivity index (χ1v) is 3.19. The molecule has 0 aromatic carbocycles. The van der Waals surface area contributed by atoms with E-state index in [9.17, 15) is 0 Å². The highest BCUT2D eigenvalue weighted by Gasteiger charge is 2.02. The maximum absolute atomic E-state index is 8.41. The van der Waals surface area contributed by atoms with Crippen molar-refractivity contribution in [3.8, 4) is 6.07 Å². The second-order valence-electron chi connectivity index (χ2n) is 2.45. The fraction of sp³-hybridized carbons (Fsp3) is 0.429. The Hall–Kier alpha value is -1.30. The summed E-state index contributed by atoms with van der Waals surface area (Å²) in [7, 11) is 0. The van der Waals surface area contributed by atoms with Crippen LogP contribution in [0.2, 0.25) is 0 Å². The van der Waals surface area contributed by atoms with Crippen LogP contribution in [0.3, 0.4) is 0 Å². The van der Waals surface area contributed by atoms with Crippen molar-refractivity contribution in [2.75, 3.05) is 0 Å². The molecule has 0 unspecified atom stereocenters. The average Bonchev–Trinajstić information content (AvgIpc) is 2.34. The summed E-state index contributed by atoms with van der Waals surface area (Å²) in [5.41, 5.74) is 0.531. The summed E-state index contributed by atoms with van der Waals surface area (Å²) in [6.45, 7) is 4.06. The molecule has 0 saturated carbocycles. The second-order valence-corrected chi connectivity index (χ2v) is 2.45. The van der Waals surface area contributed by atoms with Gasteiger partial charge in [0.1, 0.15) is 17.6 Å². The topological polar surface area (TPSA) is 52.5 Å². The first-order valence-electron chi connectivity index (χ1n) is 3.19. The van der Waals surface area contributed by atoms with Crippen LogP contribution in [0, 0.1) is 11.3 Å². The predicted molar refractivity (Wildman–Crippen MR) is 37.4 cm³/mol. The number of aromatic nitrogens is 2. The van der Waals surface area contributed by atoms with Crippen LogP contribution in [-0.2, 0) is 0 Å². The molecular formula is C7H9N3. The fourth-order valence-corrected chi connectivity index (χ4v) is 0.687. The van der Waals surface area contributed by atoms with Gasteiger partial charge in [0.05, 0.1) is 6.20 Å². The van der Waals surface area contributed by atoms with Crippen LogP contribution >= 0.6 is 0 Å². The molecule has 0 spiro atoms. The lowest BCUT2D eigenvalue weighted by molar-refractivity contribution is 0.793. The highest BCUT2D eigenvalue weighted by Crippen LogP contribution is 2.08. The Morgan fingerprint density at radius 2 is 2.40 bits per heavy atom. The van der Waals surface area contributed by atoms with E-state index >= 15 is 0 Å². The van der Waals surface area contributed by atoms with Gasteiger partial charge in [-0.05, 0) is 0 Å². The molecule has 0 bridgehead atoms. The maximum Gasteiger partial charge on any atom is 0.137 e. The molecule has 0 aliphatic heterocycles. The van der Waals surface area contributed by atoms with E-state index in [0.29, 0.717) is 11.6 Å². The Morgan fingerprint density at radius 3 is 2.70 bits per heavy atom. The molecule has 0 amide bonds. The van der Waals surface area contributed by atoms with Gasteiger partial charge < -0.3 is 4.98 Å². The summed E-state index contributed by atoms with van der Waals surface area (Å²) in [4.78, 5) is 6.90. The third-order valence-corrected chi connectivity index (χ3v) is 1.26. The van der Waals surface area contributed by atoms with E-state index in [1.165, 1.54) is 0 Å². The predicted octanol–water partition coefficient (Wildman–Crippen LogP) is 1.40. The minimum absolute atomic E-state index is 0.363. The number of imidazole rings is 1. The number of rotatable bonds is 1. The van der Waals surface area contributed by atoms with Gasteiger partial charge in [0.2, 0.25) is 0 Å². The van der Waals surface area contributed by atoms with Gasteiger partial charge in [-0.15, -0.1) is 0 Å². The third kappa shape index (κ3) is 1.16. The molecule has 1 N–H and O–H groups in total. The zero-order valence-electron chi connectivity index (χ0n) is 6.05. The van der Waals surface area contributed by atoms with Gasteiger partial charge in [-0.25, -0.2) is 4.98 Å². The molecule has 1 aromatic heterocycles. The van der Waals surface area contributed by atoms with Crippen molar-refractivity contribution in [2.45, 2.75) is 19.8 Å². The van der Waals surface area contributed by atoms with Gasteiger partial charge in [0.15, 0.2) is 0 Å². The van der Waals surface area contributed by atoms with Crippen molar-refractivity contribution in [2.24, 2.45) is 0 Å². The number of aromatic amines is 1. The molecule has 3 heteroatoms. The Bertz CT molecular complexity index is 254. The number of nitriles is 1. The average molecular weight is 135 g/mol. The summed E-state index contributed by atoms with van der Waals surface area (Å²) < 4.78 is 0. The van der Waals surface area contributed by atoms with Crippen LogP contribution < -0.4 is 0 Å². The van der Waals surface area contributed by atoms with Gasteiger partial charge in [-0.3, -0.25) is 0 Å². The quantitative estimate of drug-likeness (QED) is 0.632. The maximum atomic E-state index is 8.41. The Morgan fingerprint density at radius 1 is 1.70 bits per heavy atom. The molecule has 0 radical (unpaired) electrons. The highest BCUT2D eigenvalue weighted by atomic mass is 14.9. The zero-order valence-corrected chi connectivity index (χ0v) is 6.05. The number of nitrogens with zero attached hydrogens (tertiary/aromatic N) is 2. The zero-order chi connectivity index (χ0) is 7.56. The van der Waals surface area contributed by atoms with Crippen molar-refractivity contribution in [3.63, 3.8) is 0 Å². The van der Waals surface area contributed by atoms with E-state index in [4.69, 9.17) is 5.26 Å². The lowest BCUT2D eigenvalue weighted by Gasteiger charge is -1.95. The summed E-state index contributed by atoms with van der Waals surface area (Å²) in [5.74, 6) is 1.23. The molecular weight excluding hydrogens is 126 g/mol. The van der Waals surface area contributed by atoms with Crippen LogP contribution in [0.5, 0.6) is 0 Å². The van der Waals surface area contributed by atoms with E-state index in [0.717, 1.165) is 5.82 Å². The van der Waals surface area contributed by atoms with E-state index in [2.05, 4.69) is 9.97 Å². The van der Waals surface area contributed by atoms with E-state index in [1.807, 2.05) is 19.9 Å². The lowest BCUT2D eigenvalue weighted by atomic mass is 10.2. The van der Waals surface area contributed by atoms with E-state index < -0.39 is 0 Å². The third-order valence-electron chi connectivity index (χ3n) is 1.26. The molecule has 0 saturated heterocycles. The van der Waals surface area contributed by atoms with Crippen LogP contribution in [0.1, 0.15) is 31.3 Å². The van der Waals surface area contributed by atoms with Gasteiger partial charge >= 0.3 is 0 Å². The second kappa shape index (κ2) is 2.53. The smallest absolute Gasteiger partial charge is 0.137 e. The van der Waals surface area contributed by atoms with Crippen molar-refractivity contribution in [3.05, 3.63) is 17.7 Å². The molecule has 52 valence electrons. The fourth-order valence-electron chi connectivity index (χ4n) is 0.687. The number of hydrogen-bond donors (Lipinski definition) is 1. The van der Waals surface area contributed by atoms with Gasteiger partial charge in [-0.2, -0.15) is 5.26 Å². The Labute approximate surface area is 59.7 Å². The molecule has 3 nitrogen and oxygen atoms in total. The summed E-state index contributed by atoms with van der Waals surface area (Å²) in [6, 6.07) is 1.98. The summed E-state index contributed by atoms with van der Waals surface area (Å²) in [6.07, 6.45) is 1.55. The van der Waals surface area contributed by atoms with Gasteiger partial charge in [0, 0.05) is 5.92 Å². The molecule has 1 rings (SSSR count). The Kier molecular flexibility index (Phi) is 1.72. The summed E-state index contributed by atoms with van der Waals surface area (Å²) >= 11 is 0. The minimum atomic E-state index is 0.363. The van der Waals surface area contributed by atoms with Gasteiger partial charge in [-0.1, -0.05) is 13.8 Å². The van der Waals surface area contributed by atoms with Crippen LogP contribution in [0.15, 0.2) is 6.20 Å². The van der Waals surface area contributed by atoms with Crippen molar-refractivity contribution >= 4 is 0 Å². The van der Waals surface area contributed by atoms with E-state index in [-0.39, 0.29) is 0 Å². The molecule has 1 heterocycles. The first kappa shape index (κ1) is 6.81. The number of H-pyrrole nitrogens is 1. The first-order chi connectivity index (χ1) is 4.74. The molecule has 0 atom stereocenters. The SMILES string of the molecule is CC(C)c1ncc(C#N)[nH]1. The van der Waals surface area contributed by atoms with Crippen LogP contribution in [0.25, 0.3) is 0 Å². The normalized spacial score (nSPS) is 9.80. The Balaban J connectivity index is 2.91. The number of nitrogens with one attached hydrogen (secondary N) is 1. The molecule has 0 aliphatic carbocycles. The largest absolute Gasteiger partial charge is 0.334 e. The number of hydrogen-bond acceptors (Lipinski definition) is 2. The standard InChI is InChI=1S/C7H9N3/c1-5(2)7-9-4-6(3-8)10-7/h4-5H,1-2H3,(H,9,10). The summed E-state index contributed by atoms with van der Waals surface area (Å²) in [5, 5.41) is 8.41. The molecule has 1 aromatic rings. The molecule has 10 heavy (non-hydrogen) atoms. The molecule has 0 aliphatic rings.